The van der Waals surface area contributed by atoms with E-state index in [1.54, 1.807) is 0 Å². The summed E-state index contributed by atoms with van der Waals surface area (Å²) in [6, 6.07) is 53.7. The maximum absolute atomic E-state index is 12.1. The maximum atomic E-state index is 12.1. The van der Waals surface area contributed by atoms with E-state index in [1.165, 1.54) is 73.7 Å². The Morgan fingerprint density at radius 3 is 0.824 bits per heavy atom. The predicted octanol–water partition coefficient (Wildman–Crippen LogP) is 19.4. The van der Waals surface area contributed by atoms with Gasteiger partial charge < -0.3 is 10.2 Å². The van der Waals surface area contributed by atoms with Gasteiger partial charge in [-0.3, -0.25) is 0 Å². The summed E-state index contributed by atoms with van der Waals surface area (Å²) in [5, 5.41) is 34.0. The third-order valence-electron chi connectivity index (χ3n) is 13.8. The maximum Gasteiger partial charge on any atom is 0.123 e. The first-order chi connectivity index (χ1) is 32.1. The molecule has 2 heterocycles. The number of fused-ring (bicyclic) bond motifs is 4. The summed E-state index contributed by atoms with van der Waals surface area (Å²) in [5.74, 6) is 0.752. The molecule has 0 radical (unpaired) electrons. The predicted molar refractivity (Wildman–Crippen MR) is 298 cm³/mol. The number of aromatic hydroxyl groups is 2. The van der Waals surface area contributed by atoms with Crippen molar-refractivity contribution in [3.63, 3.8) is 0 Å². The van der Waals surface area contributed by atoms with Gasteiger partial charge in [0.1, 0.15) is 11.5 Å². The molecule has 68 heavy (non-hydrogen) atoms. The minimum Gasteiger partial charge on any atom is -0.507 e. The largest absolute Gasteiger partial charge is 0.507 e. The highest BCUT2D eigenvalue weighted by Gasteiger charge is 2.32. The second kappa shape index (κ2) is 16.2. The molecule has 0 aliphatic rings. The third-order valence-corrected chi connectivity index (χ3v) is 16.2. The highest BCUT2D eigenvalue weighted by atomic mass is 32.1. The summed E-state index contributed by atoms with van der Waals surface area (Å²) < 4.78 is 0. The zero-order valence-electron chi connectivity index (χ0n) is 41.6. The van der Waals surface area contributed by atoms with Crippen molar-refractivity contribution in [2.24, 2.45) is 0 Å². The van der Waals surface area contributed by atoms with Gasteiger partial charge in [-0.2, -0.15) is 0 Å². The number of benzene rings is 8. The SMILES string of the molecule is CC(C)(C)c1cc(-c2cc(-c3c4ccccc4cc4ccccc34)sc2-c2sc(-c3c4ccccc4cc4ccccc34)cc2-c2cc(C(C)(C)C)c(O)c(C(C)(C)C)c2)cc(C(C)(C)C)c1O. The van der Waals surface area contributed by atoms with Gasteiger partial charge in [0.15, 0.2) is 0 Å². The standard InChI is InChI=1S/C64H62O2S2/c1-61(2,3)49-31-41(32-50(57(49)65)62(4,5)6)47-35-53(55-43-25-17-13-21-37(43)29-38-22-14-18-26-44(38)55)67-59(47)60-48(42-33-51(63(7,8)9)58(66)52(34-42)64(10,11)12)36-54(68-60)56-45-27-19-15-23-39(45)30-40-24-16-20-28-46(40)56/h13-36,65-66H,1-12H3. The van der Waals surface area contributed by atoms with Crippen LogP contribution < -0.4 is 0 Å². The smallest absolute Gasteiger partial charge is 0.123 e. The topological polar surface area (TPSA) is 40.5 Å². The summed E-state index contributed by atoms with van der Waals surface area (Å²) in [6.45, 7) is 26.4. The highest BCUT2D eigenvalue weighted by Crippen LogP contribution is 2.56. The first-order valence-corrected chi connectivity index (χ1v) is 25.6. The lowest BCUT2D eigenvalue weighted by Crippen LogP contribution is -2.17. The fraction of sp³-hybridized carbons (Fsp3) is 0.250. The second-order valence-corrected chi connectivity index (χ2v) is 25.0. The van der Waals surface area contributed by atoms with E-state index in [9.17, 15) is 10.2 Å². The molecule has 4 heteroatoms. The molecular formula is C64H62O2S2. The zero-order chi connectivity index (χ0) is 48.2. The van der Waals surface area contributed by atoms with Crippen molar-refractivity contribution in [3.8, 4) is 64.4 Å². The van der Waals surface area contributed by atoms with E-state index in [0.717, 1.165) is 44.5 Å². The minimum atomic E-state index is -0.319. The van der Waals surface area contributed by atoms with Gasteiger partial charge in [-0.25, -0.2) is 0 Å². The molecule has 0 unspecified atom stereocenters. The van der Waals surface area contributed by atoms with E-state index in [1.807, 2.05) is 22.7 Å². The fourth-order valence-electron chi connectivity index (χ4n) is 10.2. The van der Waals surface area contributed by atoms with Crippen molar-refractivity contribution in [1.82, 2.24) is 0 Å². The number of hydrogen-bond acceptors (Lipinski definition) is 4. The van der Waals surface area contributed by atoms with Crippen LogP contribution in [0.15, 0.2) is 146 Å². The van der Waals surface area contributed by atoms with Gasteiger partial charge in [-0.15, -0.1) is 22.7 Å². The van der Waals surface area contributed by atoms with Crippen molar-refractivity contribution >= 4 is 65.8 Å². The van der Waals surface area contributed by atoms with Crippen LogP contribution in [0.3, 0.4) is 0 Å². The Hall–Kier alpha value is -6.20. The van der Waals surface area contributed by atoms with Gasteiger partial charge in [-0.05, 0) is 124 Å². The summed E-state index contributed by atoms with van der Waals surface area (Å²) in [6.07, 6.45) is 0. The van der Waals surface area contributed by atoms with E-state index >= 15 is 0 Å². The lowest BCUT2D eigenvalue weighted by atomic mass is 9.77. The molecule has 10 aromatic rings. The van der Waals surface area contributed by atoms with Crippen molar-refractivity contribution in [2.45, 2.75) is 105 Å². The van der Waals surface area contributed by atoms with Gasteiger partial charge >= 0.3 is 0 Å². The fourth-order valence-corrected chi connectivity index (χ4v) is 12.9. The molecule has 0 spiro atoms. The van der Waals surface area contributed by atoms with Crippen molar-refractivity contribution in [3.05, 3.63) is 168 Å². The summed E-state index contributed by atoms with van der Waals surface area (Å²) in [5.41, 5.74) is 9.40. The number of phenols is 2. The Labute approximate surface area is 410 Å². The summed E-state index contributed by atoms with van der Waals surface area (Å²) >= 11 is 3.73. The van der Waals surface area contributed by atoms with E-state index in [-0.39, 0.29) is 21.7 Å². The highest BCUT2D eigenvalue weighted by molar-refractivity contribution is 7.26. The van der Waals surface area contributed by atoms with Gasteiger partial charge in [0.25, 0.3) is 0 Å². The van der Waals surface area contributed by atoms with Crippen LogP contribution in [0.4, 0.5) is 0 Å². The van der Waals surface area contributed by atoms with E-state index in [4.69, 9.17) is 0 Å². The van der Waals surface area contributed by atoms with Crippen LogP contribution >= 0.6 is 22.7 Å². The minimum absolute atomic E-state index is 0.319. The number of phenolic OH excluding ortho intramolecular Hbond substituents is 2. The normalized spacial score (nSPS) is 12.8. The lowest BCUT2D eigenvalue weighted by Gasteiger charge is -2.28. The van der Waals surface area contributed by atoms with Crippen LogP contribution in [-0.2, 0) is 21.7 Å². The van der Waals surface area contributed by atoms with Crippen LogP contribution in [0.25, 0.3) is 96.0 Å². The van der Waals surface area contributed by atoms with Gasteiger partial charge in [-0.1, -0.05) is 180 Å². The van der Waals surface area contributed by atoms with Crippen LogP contribution in [0, 0.1) is 0 Å². The van der Waals surface area contributed by atoms with Crippen LogP contribution in [0.5, 0.6) is 11.5 Å². The van der Waals surface area contributed by atoms with Crippen LogP contribution in [0.2, 0.25) is 0 Å². The first kappa shape index (κ1) is 45.6. The molecule has 0 fully saturated rings. The Balaban J connectivity index is 1.39. The molecule has 8 aromatic carbocycles. The third kappa shape index (κ3) is 7.90. The Morgan fingerprint density at radius 2 is 0.574 bits per heavy atom. The molecular weight excluding hydrogens is 865 g/mol. The van der Waals surface area contributed by atoms with Gasteiger partial charge in [0, 0.05) is 54.3 Å². The average Bonchev–Trinajstić information content (AvgIpc) is 3.91. The van der Waals surface area contributed by atoms with E-state index < -0.39 is 0 Å². The van der Waals surface area contributed by atoms with Crippen molar-refractivity contribution in [2.75, 3.05) is 0 Å². The van der Waals surface area contributed by atoms with Crippen LogP contribution in [-0.4, -0.2) is 10.2 Å². The molecule has 2 aromatic heterocycles. The van der Waals surface area contributed by atoms with Gasteiger partial charge in [0.05, 0.1) is 9.75 Å². The monoisotopic (exact) mass is 926 g/mol. The number of thiophene rings is 2. The van der Waals surface area contributed by atoms with Crippen LogP contribution in [0.1, 0.15) is 105 Å². The van der Waals surface area contributed by atoms with E-state index in [0.29, 0.717) is 11.5 Å². The number of hydrogen-bond donors (Lipinski definition) is 2. The molecule has 342 valence electrons. The molecule has 0 saturated carbocycles. The second-order valence-electron chi connectivity index (χ2n) is 22.9. The summed E-state index contributed by atoms with van der Waals surface area (Å²) in [7, 11) is 0. The quantitative estimate of drug-likeness (QED) is 0.169. The molecule has 2 N–H and O–H groups in total. The Bertz CT molecular complexity index is 3200. The zero-order valence-corrected chi connectivity index (χ0v) is 43.2. The Morgan fingerprint density at radius 1 is 0.324 bits per heavy atom. The molecule has 0 aliphatic heterocycles. The molecule has 10 rings (SSSR count). The molecule has 2 nitrogen and oxygen atoms in total. The van der Waals surface area contributed by atoms with Gasteiger partial charge in [0.2, 0.25) is 0 Å². The van der Waals surface area contributed by atoms with Crippen molar-refractivity contribution < 1.29 is 10.2 Å². The lowest BCUT2D eigenvalue weighted by molar-refractivity contribution is 0.422. The Kier molecular flexibility index (Phi) is 10.9. The summed E-state index contributed by atoms with van der Waals surface area (Å²) in [4.78, 5) is 4.75. The van der Waals surface area contributed by atoms with Crippen molar-refractivity contribution in [1.29, 1.82) is 0 Å². The number of rotatable bonds is 5. The molecule has 0 amide bonds. The molecule has 0 bridgehead atoms. The average molecular weight is 927 g/mol. The first-order valence-electron chi connectivity index (χ1n) is 23.9. The molecule has 0 saturated heterocycles. The van der Waals surface area contributed by atoms with E-state index in [2.05, 4.69) is 229 Å². The molecule has 0 atom stereocenters. The molecule has 0 aliphatic carbocycles.